The predicted molar refractivity (Wildman–Crippen MR) is 72.8 cm³/mol. The van der Waals surface area contributed by atoms with Crippen molar-refractivity contribution in [1.29, 1.82) is 0 Å². The molecule has 0 saturated carbocycles. The average molecular weight is 266 g/mol. The van der Waals surface area contributed by atoms with Gasteiger partial charge in [0.25, 0.3) is 0 Å². The fraction of sp³-hybridized carbons (Fsp3) is 0.692. The van der Waals surface area contributed by atoms with Gasteiger partial charge in [0.15, 0.2) is 0 Å². The van der Waals surface area contributed by atoms with E-state index < -0.39 is 5.54 Å². The van der Waals surface area contributed by atoms with Gasteiger partial charge in [-0.1, -0.05) is 0 Å². The van der Waals surface area contributed by atoms with Crippen LogP contribution in [0.5, 0.6) is 0 Å². The van der Waals surface area contributed by atoms with E-state index in [2.05, 4.69) is 31.2 Å². The van der Waals surface area contributed by atoms with Gasteiger partial charge in [0.1, 0.15) is 5.54 Å². The molecule has 0 aliphatic carbocycles. The smallest absolute Gasteiger partial charge is 0.244 e. The number of carbonyl (C=O) groups excluding carboxylic acids is 1. The van der Waals surface area contributed by atoms with E-state index in [0.29, 0.717) is 31.7 Å². The second-order valence-electron chi connectivity index (χ2n) is 6.07. The first-order valence-electron chi connectivity index (χ1n) is 6.54. The third kappa shape index (κ3) is 3.13. The standard InChI is InChI=1S/C13H22N4O2/c1-12(2,3)17-9-10(8-15-17)16-11(18)13(14)4-6-19-7-5-13/h8-9H,4-7,14H2,1-3H3,(H,16,18). The Morgan fingerprint density at radius 1 is 1.47 bits per heavy atom. The molecule has 1 saturated heterocycles. The molecule has 1 fully saturated rings. The van der Waals surface area contributed by atoms with Crippen LogP contribution in [0, 0.1) is 0 Å². The Morgan fingerprint density at radius 2 is 2.11 bits per heavy atom. The highest BCUT2D eigenvalue weighted by Gasteiger charge is 2.36. The molecule has 106 valence electrons. The Kier molecular flexibility index (Phi) is 3.64. The van der Waals surface area contributed by atoms with E-state index in [1.807, 2.05) is 10.9 Å². The molecule has 6 nitrogen and oxygen atoms in total. The van der Waals surface area contributed by atoms with Gasteiger partial charge in [-0.15, -0.1) is 0 Å². The molecule has 1 aliphatic rings. The van der Waals surface area contributed by atoms with Gasteiger partial charge < -0.3 is 15.8 Å². The molecule has 2 heterocycles. The molecule has 1 aromatic heterocycles. The molecule has 1 aliphatic heterocycles. The Morgan fingerprint density at radius 3 is 2.63 bits per heavy atom. The number of aromatic nitrogens is 2. The molecule has 0 bridgehead atoms. The van der Waals surface area contributed by atoms with Gasteiger partial charge in [0.2, 0.25) is 5.91 Å². The number of anilines is 1. The van der Waals surface area contributed by atoms with Crippen molar-refractivity contribution in [2.24, 2.45) is 5.73 Å². The molecule has 0 unspecified atom stereocenters. The first kappa shape index (κ1) is 14.0. The summed E-state index contributed by atoms with van der Waals surface area (Å²) in [5.41, 5.74) is 5.86. The fourth-order valence-electron chi connectivity index (χ4n) is 1.97. The van der Waals surface area contributed by atoms with Crippen molar-refractivity contribution >= 4 is 11.6 Å². The number of amides is 1. The van der Waals surface area contributed by atoms with E-state index in [1.54, 1.807) is 6.20 Å². The van der Waals surface area contributed by atoms with Gasteiger partial charge in [-0.05, 0) is 33.6 Å². The number of hydrogen-bond donors (Lipinski definition) is 2. The molecule has 0 radical (unpaired) electrons. The lowest BCUT2D eigenvalue weighted by molar-refractivity contribution is -0.124. The minimum atomic E-state index is -0.831. The Hall–Kier alpha value is -1.40. The lowest BCUT2D eigenvalue weighted by atomic mass is 9.90. The van der Waals surface area contributed by atoms with Crippen LogP contribution in [-0.4, -0.2) is 34.4 Å². The van der Waals surface area contributed by atoms with Crippen LogP contribution in [0.3, 0.4) is 0 Å². The molecule has 6 heteroatoms. The summed E-state index contributed by atoms with van der Waals surface area (Å²) in [6.45, 7) is 7.22. The maximum atomic E-state index is 12.2. The summed E-state index contributed by atoms with van der Waals surface area (Å²) < 4.78 is 7.05. The second kappa shape index (κ2) is 4.94. The van der Waals surface area contributed by atoms with E-state index in [1.165, 1.54) is 0 Å². The van der Waals surface area contributed by atoms with Gasteiger partial charge in [0, 0.05) is 19.4 Å². The summed E-state index contributed by atoms with van der Waals surface area (Å²) in [6.07, 6.45) is 4.56. The van der Waals surface area contributed by atoms with E-state index in [-0.39, 0.29) is 11.4 Å². The molecule has 1 aromatic rings. The van der Waals surface area contributed by atoms with Crippen molar-refractivity contribution in [3.05, 3.63) is 12.4 Å². The average Bonchev–Trinajstić information content (AvgIpc) is 2.78. The summed E-state index contributed by atoms with van der Waals surface area (Å²) in [6, 6.07) is 0. The highest BCUT2D eigenvalue weighted by Crippen LogP contribution is 2.21. The number of nitrogens with one attached hydrogen (secondary N) is 1. The fourth-order valence-corrected chi connectivity index (χ4v) is 1.97. The first-order valence-corrected chi connectivity index (χ1v) is 6.54. The van der Waals surface area contributed by atoms with Crippen molar-refractivity contribution in [1.82, 2.24) is 9.78 Å². The van der Waals surface area contributed by atoms with Gasteiger partial charge >= 0.3 is 0 Å². The molecule has 0 aromatic carbocycles. The molecular formula is C13H22N4O2. The third-order valence-corrected chi connectivity index (χ3v) is 3.36. The number of rotatable bonds is 2. The zero-order valence-electron chi connectivity index (χ0n) is 11.8. The van der Waals surface area contributed by atoms with Crippen molar-refractivity contribution in [3.8, 4) is 0 Å². The largest absolute Gasteiger partial charge is 0.381 e. The van der Waals surface area contributed by atoms with Crippen molar-refractivity contribution in [3.63, 3.8) is 0 Å². The van der Waals surface area contributed by atoms with Crippen molar-refractivity contribution < 1.29 is 9.53 Å². The highest BCUT2D eigenvalue weighted by atomic mass is 16.5. The minimum absolute atomic E-state index is 0.109. The van der Waals surface area contributed by atoms with Gasteiger partial charge in [-0.25, -0.2) is 0 Å². The Labute approximate surface area is 113 Å². The topological polar surface area (TPSA) is 82.2 Å². The molecule has 19 heavy (non-hydrogen) atoms. The number of carbonyl (C=O) groups is 1. The van der Waals surface area contributed by atoms with Crippen LogP contribution >= 0.6 is 0 Å². The zero-order chi connectivity index (χ0) is 14.1. The Bertz CT molecular complexity index is 455. The minimum Gasteiger partial charge on any atom is -0.381 e. The van der Waals surface area contributed by atoms with Gasteiger partial charge in [0.05, 0.1) is 17.4 Å². The third-order valence-electron chi connectivity index (χ3n) is 3.36. The number of nitrogens with zero attached hydrogens (tertiary/aromatic N) is 2. The molecule has 2 rings (SSSR count). The second-order valence-corrected chi connectivity index (χ2v) is 6.07. The predicted octanol–water partition coefficient (Wildman–Crippen LogP) is 1.08. The van der Waals surface area contributed by atoms with E-state index in [4.69, 9.17) is 10.5 Å². The Balaban J connectivity index is 2.04. The summed E-state index contributed by atoms with van der Waals surface area (Å²) in [5.74, 6) is -0.163. The van der Waals surface area contributed by atoms with Gasteiger partial charge in [-0.3, -0.25) is 9.48 Å². The summed E-state index contributed by atoms with van der Waals surface area (Å²) in [5, 5.41) is 7.09. The van der Waals surface area contributed by atoms with Crippen LogP contribution in [0.1, 0.15) is 33.6 Å². The summed E-state index contributed by atoms with van der Waals surface area (Å²) >= 11 is 0. The van der Waals surface area contributed by atoms with Crippen LogP contribution < -0.4 is 11.1 Å². The van der Waals surface area contributed by atoms with Crippen LogP contribution in [-0.2, 0) is 15.1 Å². The normalized spacial score (nSPS) is 19.2. The van der Waals surface area contributed by atoms with E-state index in [0.717, 1.165) is 0 Å². The molecular weight excluding hydrogens is 244 g/mol. The maximum Gasteiger partial charge on any atom is 0.244 e. The molecule has 0 atom stereocenters. The lowest BCUT2D eigenvalue weighted by Crippen LogP contribution is -2.54. The number of nitrogens with two attached hydrogens (primary N) is 1. The molecule has 1 amide bonds. The highest BCUT2D eigenvalue weighted by molar-refractivity contribution is 5.97. The molecule has 0 spiro atoms. The quantitative estimate of drug-likeness (QED) is 0.839. The lowest BCUT2D eigenvalue weighted by Gasteiger charge is -2.31. The summed E-state index contributed by atoms with van der Waals surface area (Å²) in [4.78, 5) is 12.2. The first-order chi connectivity index (χ1) is 8.81. The SMILES string of the molecule is CC(C)(C)n1cc(NC(=O)C2(N)CCOCC2)cn1. The summed E-state index contributed by atoms with van der Waals surface area (Å²) in [7, 11) is 0. The maximum absolute atomic E-state index is 12.2. The number of hydrogen-bond acceptors (Lipinski definition) is 4. The number of ether oxygens (including phenoxy) is 1. The van der Waals surface area contributed by atoms with E-state index in [9.17, 15) is 4.79 Å². The van der Waals surface area contributed by atoms with Crippen LogP contribution in [0.25, 0.3) is 0 Å². The van der Waals surface area contributed by atoms with Crippen molar-refractivity contribution in [2.75, 3.05) is 18.5 Å². The monoisotopic (exact) mass is 266 g/mol. The molecule has 3 N–H and O–H groups in total. The van der Waals surface area contributed by atoms with Crippen LogP contribution in [0.2, 0.25) is 0 Å². The van der Waals surface area contributed by atoms with Crippen LogP contribution in [0.15, 0.2) is 12.4 Å². The van der Waals surface area contributed by atoms with Crippen molar-refractivity contribution in [2.45, 2.75) is 44.7 Å². The zero-order valence-corrected chi connectivity index (χ0v) is 11.8. The van der Waals surface area contributed by atoms with Crippen LogP contribution in [0.4, 0.5) is 5.69 Å². The van der Waals surface area contributed by atoms with Gasteiger partial charge in [-0.2, -0.15) is 5.10 Å². The van der Waals surface area contributed by atoms with E-state index >= 15 is 0 Å².